The Morgan fingerprint density at radius 3 is 2.72 bits per heavy atom. The third kappa shape index (κ3) is 1.05. The summed E-state index contributed by atoms with van der Waals surface area (Å²) in [4.78, 5) is 12.5. The van der Waals surface area contributed by atoms with Crippen molar-refractivity contribution < 1.29 is 4.79 Å². The van der Waals surface area contributed by atoms with Gasteiger partial charge >= 0.3 is 0 Å². The van der Waals surface area contributed by atoms with Gasteiger partial charge in [-0.1, -0.05) is 24.3 Å². The van der Waals surface area contributed by atoms with Crippen LogP contribution in [0.25, 0.3) is 21.8 Å². The van der Waals surface area contributed by atoms with Gasteiger partial charge in [-0.15, -0.1) is 0 Å². The molecule has 0 radical (unpaired) electrons. The molecule has 0 bridgehead atoms. The van der Waals surface area contributed by atoms with Crippen LogP contribution in [0.2, 0.25) is 0 Å². The summed E-state index contributed by atoms with van der Waals surface area (Å²) in [7, 11) is 0.348. The van der Waals surface area contributed by atoms with Crippen LogP contribution < -0.4 is 5.73 Å². The predicted octanol–water partition coefficient (Wildman–Crippen LogP) is 3.06. The van der Waals surface area contributed by atoms with E-state index in [1.54, 1.807) is 0 Å². The van der Waals surface area contributed by atoms with Crippen LogP contribution in [-0.4, -0.2) is 10.5 Å². The Morgan fingerprint density at radius 2 is 1.83 bits per heavy atom. The zero-order valence-electron chi connectivity index (χ0n) is 9.40. The van der Waals surface area contributed by atoms with E-state index < -0.39 is 0 Å². The van der Waals surface area contributed by atoms with Gasteiger partial charge in [-0.05, 0) is 20.5 Å². The van der Waals surface area contributed by atoms with E-state index >= 15 is 0 Å². The molecule has 0 saturated carbocycles. The van der Waals surface area contributed by atoms with E-state index in [2.05, 4.69) is 4.75 Å². The van der Waals surface area contributed by atoms with Crippen LogP contribution in [0.15, 0.2) is 36.4 Å². The van der Waals surface area contributed by atoms with Gasteiger partial charge in [0.25, 0.3) is 0 Å². The van der Waals surface area contributed by atoms with E-state index in [1.165, 1.54) is 0 Å². The molecule has 4 heteroatoms. The summed E-state index contributed by atoms with van der Waals surface area (Å²) in [6.07, 6.45) is 0. The number of rotatable bonds is 0. The van der Waals surface area contributed by atoms with Crippen molar-refractivity contribution in [2.75, 3.05) is 5.73 Å². The number of carbonyl (C=O) groups excluding carboxylic acids is 1. The SMILES string of the molecule is Nc1cccc2c1-c1[pH]nc3cccc(c13)C2=O. The fourth-order valence-corrected chi connectivity index (χ4v) is 3.81. The molecule has 1 unspecified atom stereocenters. The number of nitrogens with zero attached hydrogens (tertiary/aromatic N) is 1. The molecule has 3 nitrogen and oxygen atoms in total. The van der Waals surface area contributed by atoms with Crippen molar-refractivity contribution in [3.05, 3.63) is 47.5 Å². The molecule has 86 valence electrons. The average molecular weight is 252 g/mol. The first-order valence-corrected chi connectivity index (χ1v) is 6.63. The zero-order chi connectivity index (χ0) is 12.3. The number of hydrogen-bond donors (Lipinski definition) is 1. The standard InChI is InChI=1S/C14H9N2OP/c15-9-5-1-3-7-11(9)14-12-8(13(7)17)4-2-6-10(12)16-18-14/h1-6,18H,15H2. The molecule has 0 spiro atoms. The highest BCUT2D eigenvalue weighted by molar-refractivity contribution is 7.31. The van der Waals surface area contributed by atoms with Crippen molar-refractivity contribution >= 4 is 30.7 Å². The van der Waals surface area contributed by atoms with Crippen molar-refractivity contribution in [2.45, 2.75) is 0 Å². The summed E-state index contributed by atoms with van der Waals surface area (Å²) in [6.45, 7) is 0. The monoisotopic (exact) mass is 252 g/mol. The highest BCUT2D eigenvalue weighted by Crippen LogP contribution is 2.46. The Morgan fingerprint density at radius 1 is 1.06 bits per heavy atom. The minimum absolute atomic E-state index is 0.0554. The predicted molar refractivity (Wildman–Crippen MR) is 74.5 cm³/mol. The van der Waals surface area contributed by atoms with Gasteiger partial charge in [0.05, 0.1) is 5.52 Å². The maximum atomic E-state index is 12.5. The van der Waals surface area contributed by atoms with Crippen LogP contribution in [0.4, 0.5) is 5.69 Å². The highest BCUT2D eigenvalue weighted by atomic mass is 31.0. The molecule has 3 aromatic rings. The van der Waals surface area contributed by atoms with Crippen LogP contribution in [0, 0.1) is 0 Å². The molecule has 2 aromatic carbocycles. The Balaban J connectivity index is 2.28. The first-order chi connectivity index (χ1) is 8.77. The van der Waals surface area contributed by atoms with Gasteiger partial charge in [0, 0.05) is 33.1 Å². The molecule has 1 aromatic heterocycles. The van der Waals surface area contributed by atoms with E-state index in [0.717, 1.165) is 27.3 Å². The molecule has 1 aliphatic rings. The number of aromatic nitrogens is 1. The number of nitrogen functional groups attached to an aromatic ring is 1. The average Bonchev–Trinajstić information content (AvgIpc) is 2.81. The number of benzene rings is 2. The topological polar surface area (TPSA) is 56.0 Å². The summed E-state index contributed by atoms with van der Waals surface area (Å²) >= 11 is 0. The van der Waals surface area contributed by atoms with E-state index in [1.807, 2.05) is 36.4 Å². The quantitative estimate of drug-likeness (QED) is 0.489. The Bertz CT molecular complexity index is 820. The number of fused-ring (bicyclic) bond motifs is 2. The number of carbonyl (C=O) groups is 1. The Hall–Kier alpha value is -2.12. The normalized spacial score (nSPS) is 13.2. The molecule has 1 heterocycles. The van der Waals surface area contributed by atoms with Crippen molar-refractivity contribution in [3.63, 3.8) is 0 Å². The van der Waals surface area contributed by atoms with Gasteiger partial charge in [-0.2, -0.15) is 0 Å². The van der Waals surface area contributed by atoms with Crippen LogP contribution in [-0.2, 0) is 0 Å². The maximum Gasteiger partial charge on any atom is 0.194 e. The lowest BCUT2D eigenvalue weighted by Crippen LogP contribution is -2.09. The molecule has 18 heavy (non-hydrogen) atoms. The molecule has 0 aliphatic heterocycles. The van der Waals surface area contributed by atoms with Gasteiger partial charge in [0.2, 0.25) is 0 Å². The van der Waals surface area contributed by atoms with Crippen LogP contribution in [0.1, 0.15) is 15.9 Å². The smallest absolute Gasteiger partial charge is 0.194 e. The van der Waals surface area contributed by atoms with Gasteiger partial charge in [0.15, 0.2) is 5.78 Å². The zero-order valence-corrected chi connectivity index (χ0v) is 10.4. The van der Waals surface area contributed by atoms with Gasteiger partial charge in [-0.25, -0.2) is 4.75 Å². The lowest BCUT2D eigenvalue weighted by molar-refractivity contribution is 0.104. The largest absolute Gasteiger partial charge is 0.398 e. The van der Waals surface area contributed by atoms with E-state index in [4.69, 9.17) is 5.73 Å². The molecular weight excluding hydrogens is 243 g/mol. The first kappa shape index (κ1) is 9.86. The third-order valence-corrected chi connectivity index (χ3v) is 4.49. The third-order valence-electron chi connectivity index (χ3n) is 3.42. The lowest BCUT2D eigenvalue weighted by atomic mass is 9.88. The number of anilines is 1. The minimum Gasteiger partial charge on any atom is -0.398 e. The van der Waals surface area contributed by atoms with Crippen LogP contribution >= 0.6 is 8.35 Å². The van der Waals surface area contributed by atoms with Gasteiger partial charge in [0.1, 0.15) is 0 Å². The van der Waals surface area contributed by atoms with Gasteiger partial charge in [-0.3, -0.25) is 4.79 Å². The summed E-state index contributed by atoms with van der Waals surface area (Å²) in [5.74, 6) is 0.0554. The van der Waals surface area contributed by atoms with E-state index in [0.29, 0.717) is 19.6 Å². The second-order valence-corrected chi connectivity index (χ2v) is 5.34. The van der Waals surface area contributed by atoms with E-state index in [9.17, 15) is 4.79 Å². The van der Waals surface area contributed by atoms with Crippen molar-refractivity contribution in [1.82, 2.24) is 4.75 Å². The Kier molecular flexibility index (Phi) is 1.76. The lowest BCUT2D eigenvalue weighted by Gasteiger charge is -2.17. The van der Waals surface area contributed by atoms with Gasteiger partial charge < -0.3 is 5.73 Å². The van der Waals surface area contributed by atoms with Crippen molar-refractivity contribution in [1.29, 1.82) is 0 Å². The first-order valence-electron chi connectivity index (χ1n) is 5.68. The Labute approximate surface area is 105 Å². The fraction of sp³-hybridized carbons (Fsp3) is 0. The second-order valence-electron chi connectivity index (χ2n) is 4.40. The van der Waals surface area contributed by atoms with Crippen molar-refractivity contribution in [2.24, 2.45) is 0 Å². The van der Waals surface area contributed by atoms with Crippen LogP contribution in [0.3, 0.4) is 0 Å². The molecule has 0 saturated heterocycles. The molecule has 1 aliphatic carbocycles. The number of ketones is 1. The summed E-state index contributed by atoms with van der Waals surface area (Å²) < 4.78 is 4.51. The molecular formula is C14H9N2OP. The van der Waals surface area contributed by atoms with Crippen LogP contribution in [0.5, 0.6) is 0 Å². The molecule has 0 amide bonds. The summed E-state index contributed by atoms with van der Waals surface area (Å²) in [5, 5.41) is 2.11. The summed E-state index contributed by atoms with van der Waals surface area (Å²) in [5.41, 5.74) is 9.98. The highest BCUT2D eigenvalue weighted by Gasteiger charge is 2.27. The molecule has 4 rings (SSSR count). The maximum absolute atomic E-state index is 12.5. The fourth-order valence-electron chi connectivity index (χ4n) is 2.62. The number of nitrogens with two attached hydrogens (primary N) is 1. The minimum atomic E-state index is 0.0554. The molecule has 1 atom stereocenters. The molecule has 2 N–H and O–H groups in total. The molecule has 0 fully saturated rings. The second kappa shape index (κ2) is 3.21. The number of hydrogen-bond acceptors (Lipinski definition) is 3. The summed E-state index contributed by atoms with van der Waals surface area (Å²) in [6, 6.07) is 11.2. The van der Waals surface area contributed by atoms with Crippen molar-refractivity contribution in [3.8, 4) is 10.9 Å². The van der Waals surface area contributed by atoms with E-state index in [-0.39, 0.29) is 5.78 Å².